The quantitative estimate of drug-likeness (QED) is 0.400. The van der Waals surface area contributed by atoms with Crippen molar-refractivity contribution in [2.24, 2.45) is 7.05 Å². The van der Waals surface area contributed by atoms with Crippen LogP contribution < -0.4 is 10.5 Å². The molecule has 1 saturated heterocycles. The SMILES string of the molecule is Cc1c(N2C(=O)C(=Cc3ccc(Br)cc3)SC2=S)c(=O)n(-c2ccccc2)n1C. The number of rotatable bonds is 3. The first-order valence-electron chi connectivity index (χ1n) is 8.76. The van der Waals surface area contributed by atoms with Crippen molar-refractivity contribution in [2.75, 3.05) is 4.90 Å². The summed E-state index contributed by atoms with van der Waals surface area (Å²) in [5.41, 5.74) is 2.29. The number of nitrogens with zero attached hydrogens (tertiary/aromatic N) is 3. The molecule has 4 rings (SSSR count). The molecule has 146 valence electrons. The predicted molar refractivity (Wildman–Crippen MR) is 126 cm³/mol. The van der Waals surface area contributed by atoms with E-state index >= 15 is 0 Å². The summed E-state index contributed by atoms with van der Waals surface area (Å²) in [7, 11) is 1.79. The molecule has 0 saturated carbocycles. The van der Waals surface area contributed by atoms with Crippen molar-refractivity contribution in [3.05, 3.63) is 85.6 Å². The summed E-state index contributed by atoms with van der Waals surface area (Å²) in [6.07, 6.45) is 1.79. The molecular formula is C21H16BrN3O2S2. The molecule has 8 heteroatoms. The van der Waals surface area contributed by atoms with Gasteiger partial charge in [0, 0.05) is 11.5 Å². The molecule has 1 aliphatic rings. The van der Waals surface area contributed by atoms with E-state index in [9.17, 15) is 9.59 Å². The van der Waals surface area contributed by atoms with Gasteiger partial charge < -0.3 is 0 Å². The lowest BCUT2D eigenvalue weighted by atomic mass is 10.2. The normalized spacial score (nSPS) is 15.6. The Kier molecular flexibility index (Phi) is 5.33. The molecule has 0 radical (unpaired) electrons. The van der Waals surface area contributed by atoms with Crippen LogP contribution in [0.5, 0.6) is 0 Å². The Morgan fingerprint density at radius 3 is 2.34 bits per heavy atom. The molecule has 5 nitrogen and oxygen atoms in total. The Bertz CT molecular complexity index is 1210. The van der Waals surface area contributed by atoms with Gasteiger partial charge in [0.05, 0.1) is 16.3 Å². The van der Waals surface area contributed by atoms with Gasteiger partial charge >= 0.3 is 0 Å². The number of benzene rings is 2. The van der Waals surface area contributed by atoms with E-state index in [4.69, 9.17) is 12.2 Å². The third kappa shape index (κ3) is 3.52. The zero-order valence-electron chi connectivity index (χ0n) is 15.6. The maximum atomic E-state index is 13.2. The molecule has 2 aromatic carbocycles. The number of para-hydroxylation sites is 1. The molecule has 1 amide bonds. The molecule has 0 unspecified atom stereocenters. The molecule has 1 aliphatic heterocycles. The number of thioether (sulfide) groups is 1. The van der Waals surface area contributed by atoms with Crippen LogP contribution in [0.1, 0.15) is 11.3 Å². The fourth-order valence-corrected chi connectivity index (χ4v) is 4.72. The van der Waals surface area contributed by atoms with Gasteiger partial charge in [-0.25, -0.2) is 4.68 Å². The Labute approximate surface area is 185 Å². The number of aromatic nitrogens is 2. The first-order valence-corrected chi connectivity index (χ1v) is 10.8. The van der Waals surface area contributed by atoms with Crippen molar-refractivity contribution in [1.29, 1.82) is 0 Å². The fourth-order valence-electron chi connectivity index (χ4n) is 3.18. The number of carbonyl (C=O) groups is 1. The number of halogens is 1. The highest BCUT2D eigenvalue weighted by molar-refractivity contribution is 9.10. The van der Waals surface area contributed by atoms with E-state index in [0.29, 0.717) is 14.9 Å². The lowest BCUT2D eigenvalue weighted by molar-refractivity contribution is -0.113. The second-order valence-corrected chi connectivity index (χ2v) is 9.07. The molecule has 2 heterocycles. The molecule has 0 atom stereocenters. The zero-order valence-corrected chi connectivity index (χ0v) is 18.8. The van der Waals surface area contributed by atoms with Gasteiger partial charge in [-0.3, -0.25) is 19.2 Å². The van der Waals surface area contributed by atoms with E-state index in [-0.39, 0.29) is 17.2 Å². The lowest BCUT2D eigenvalue weighted by Crippen LogP contribution is -2.33. The van der Waals surface area contributed by atoms with Crippen molar-refractivity contribution in [3.8, 4) is 5.69 Å². The number of hydrogen-bond acceptors (Lipinski definition) is 4. The van der Waals surface area contributed by atoms with Crippen molar-refractivity contribution in [1.82, 2.24) is 9.36 Å². The van der Waals surface area contributed by atoms with Crippen molar-refractivity contribution >= 4 is 61.9 Å². The summed E-state index contributed by atoms with van der Waals surface area (Å²) < 4.78 is 4.60. The van der Waals surface area contributed by atoms with Crippen LogP contribution >= 0.6 is 39.9 Å². The van der Waals surface area contributed by atoms with E-state index < -0.39 is 0 Å². The monoisotopic (exact) mass is 485 g/mol. The fraction of sp³-hybridized carbons (Fsp3) is 0.0952. The third-order valence-corrected chi connectivity index (χ3v) is 6.54. The number of hydrogen-bond donors (Lipinski definition) is 0. The summed E-state index contributed by atoms with van der Waals surface area (Å²) >= 11 is 10.1. The van der Waals surface area contributed by atoms with Crippen LogP contribution in [0.25, 0.3) is 11.8 Å². The Morgan fingerprint density at radius 1 is 1.03 bits per heavy atom. The Hall–Kier alpha value is -2.42. The molecule has 1 fully saturated rings. The summed E-state index contributed by atoms with van der Waals surface area (Å²) in [6.45, 7) is 1.81. The number of carbonyl (C=O) groups excluding carboxylic acids is 1. The van der Waals surface area contributed by atoms with Gasteiger partial charge in [0.15, 0.2) is 4.32 Å². The number of thiocarbonyl (C=S) groups is 1. The minimum atomic E-state index is -0.283. The largest absolute Gasteiger partial charge is 0.296 e. The summed E-state index contributed by atoms with van der Waals surface area (Å²) in [5, 5.41) is 0. The maximum Gasteiger partial charge on any atom is 0.296 e. The average Bonchev–Trinajstić information content (AvgIpc) is 3.10. The highest BCUT2D eigenvalue weighted by atomic mass is 79.9. The van der Waals surface area contributed by atoms with E-state index in [1.54, 1.807) is 22.5 Å². The highest BCUT2D eigenvalue weighted by Gasteiger charge is 2.37. The predicted octanol–water partition coefficient (Wildman–Crippen LogP) is 4.65. The van der Waals surface area contributed by atoms with Crippen LogP contribution in [0.2, 0.25) is 0 Å². The van der Waals surface area contributed by atoms with Crippen LogP contribution in [-0.2, 0) is 11.8 Å². The van der Waals surface area contributed by atoms with Gasteiger partial charge in [-0.05, 0) is 42.8 Å². The second-order valence-electron chi connectivity index (χ2n) is 6.48. The lowest BCUT2D eigenvalue weighted by Gasteiger charge is -2.12. The standard InChI is InChI=1S/C21H16BrN3O2S2/c1-13-18(20(27)25(23(13)2)16-6-4-3-5-7-16)24-19(26)17(29-21(24)28)12-14-8-10-15(22)11-9-14/h3-12H,1-2H3. The molecule has 0 bridgehead atoms. The molecule has 0 aliphatic carbocycles. The van der Waals surface area contributed by atoms with Crippen LogP contribution in [0, 0.1) is 6.92 Å². The van der Waals surface area contributed by atoms with Gasteiger partial charge in [0.25, 0.3) is 11.5 Å². The number of amides is 1. The molecule has 0 spiro atoms. The Morgan fingerprint density at radius 2 is 1.69 bits per heavy atom. The second kappa shape index (κ2) is 7.78. The van der Waals surface area contributed by atoms with E-state index in [0.717, 1.165) is 15.7 Å². The van der Waals surface area contributed by atoms with Gasteiger partial charge in [0.1, 0.15) is 5.69 Å². The van der Waals surface area contributed by atoms with Crippen molar-refractivity contribution in [3.63, 3.8) is 0 Å². The zero-order chi connectivity index (χ0) is 20.7. The first-order chi connectivity index (χ1) is 13.9. The maximum absolute atomic E-state index is 13.2. The summed E-state index contributed by atoms with van der Waals surface area (Å²) in [5.74, 6) is -0.283. The van der Waals surface area contributed by atoms with E-state index in [1.807, 2.05) is 61.5 Å². The average molecular weight is 486 g/mol. The van der Waals surface area contributed by atoms with Gasteiger partial charge in [-0.2, -0.15) is 0 Å². The van der Waals surface area contributed by atoms with Crippen LogP contribution in [0.4, 0.5) is 5.69 Å². The molecule has 0 N–H and O–H groups in total. The first kappa shape index (κ1) is 19.9. The summed E-state index contributed by atoms with van der Waals surface area (Å²) in [6, 6.07) is 17.0. The minimum absolute atomic E-state index is 0.280. The highest BCUT2D eigenvalue weighted by Crippen LogP contribution is 2.36. The molecular weight excluding hydrogens is 470 g/mol. The van der Waals surface area contributed by atoms with E-state index in [1.165, 1.54) is 16.7 Å². The number of anilines is 1. The van der Waals surface area contributed by atoms with Crippen molar-refractivity contribution in [2.45, 2.75) is 6.92 Å². The Balaban J connectivity index is 1.78. The third-order valence-electron chi connectivity index (χ3n) is 4.71. The van der Waals surface area contributed by atoms with Crippen LogP contribution in [0.3, 0.4) is 0 Å². The molecule has 3 aromatic rings. The van der Waals surface area contributed by atoms with E-state index in [2.05, 4.69) is 15.9 Å². The smallest absolute Gasteiger partial charge is 0.283 e. The molecule has 29 heavy (non-hydrogen) atoms. The van der Waals surface area contributed by atoms with Gasteiger partial charge in [-0.15, -0.1) is 0 Å². The van der Waals surface area contributed by atoms with Gasteiger partial charge in [0.2, 0.25) is 0 Å². The topological polar surface area (TPSA) is 47.2 Å². The molecule has 1 aromatic heterocycles. The van der Waals surface area contributed by atoms with Crippen LogP contribution in [-0.4, -0.2) is 19.6 Å². The van der Waals surface area contributed by atoms with Crippen LogP contribution in [0.15, 0.2) is 68.8 Å². The minimum Gasteiger partial charge on any atom is -0.283 e. The summed E-state index contributed by atoms with van der Waals surface area (Å²) in [4.78, 5) is 28.2. The van der Waals surface area contributed by atoms with Gasteiger partial charge in [-0.1, -0.05) is 70.2 Å². The van der Waals surface area contributed by atoms with Crippen molar-refractivity contribution < 1.29 is 4.79 Å².